The lowest BCUT2D eigenvalue weighted by molar-refractivity contribution is 0.475. The van der Waals surface area contributed by atoms with Crippen LogP contribution in [-0.2, 0) is 0 Å². The second-order valence-corrected chi connectivity index (χ2v) is 6.05. The molecule has 2 nitrogen and oxygen atoms in total. The summed E-state index contributed by atoms with van der Waals surface area (Å²) in [6, 6.07) is 0. The minimum absolute atomic E-state index is 0.0367. The van der Waals surface area contributed by atoms with Crippen molar-refractivity contribution >= 4 is 5.84 Å². The highest BCUT2D eigenvalue weighted by Crippen LogP contribution is 2.52. The molecule has 2 heteroatoms. The van der Waals surface area contributed by atoms with E-state index in [-0.39, 0.29) is 16.5 Å². The van der Waals surface area contributed by atoms with Crippen LogP contribution in [0, 0.1) is 10.8 Å². The normalized spacial score (nSPS) is 24.4. The first-order valence-electron chi connectivity index (χ1n) is 4.92. The zero-order valence-corrected chi connectivity index (χ0v) is 9.95. The molecule has 0 spiro atoms. The van der Waals surface area contributed by atoms with Crippen LogP contribution >= 0.6 is 0 Å². The number of nitrogens with zero attached hydrogens (tertiary/aromatic N) is 1. The fourth-order valence-electron chi connectivity index (χ4n) is 1.81. The van der Waals surface area contributed by atoms with Crippen molar-refractivity contribution in [2.45, 2.75) is 59.5 Å². The van der Waals surface area contributed by atoms with E-state index in [1.807, 2.05) is 0 Å². The van der Waals surface area contributed by atoms with Gasteiger partial charge in [0, 0.05) is 5.41 Å². The quantitative estimate of drug-likeness (QED) is 0.348. The molecule has 1 rings (SSSR count). The van der Waals surface area contributed by atoms with Gasteiger partial charge in [-0.1, -0.05) is 20.8 Å². The standard InChI is InChI=1S/C11H22N2/c1-9(2,3)8(12)13-10(4,5)11(13,6)7/h12H,1-7H3. The Hall–Kier alpha value is -0.530. The maximum Gasteiger partial charge on any atom is 0.102 e. The summed E-state index contributed by atoms with van der Waals surface area (Å²) in [4.78, 5) is 2.21. The van der Waals surface area contributed by atoms with Crippen molar-refractivity contribution in [2.24, 2.45) is 5.41 Å². The second-order valence-electron chi connectivity index (χ2n) is 6.05. The highest BCUT2D eigenvalue weighted by Gasteiger charge is 2.64. The van der Waals surface area contributed by atoms with Gasteiger partial charge in [-0.15, -0.1) is 0 Å². The van der Waals surface area contributed by atoms with Gasteiger partial charge >= 0.3 is 0 Å². The first-order chi connectivity index (χ1) is 5.53. The molecule has 0 bridgehead atoms. The number of nitrogens with one attached hydrogen (secondary N) is 1. The van der Waals surface area contributed by atoms with Crippen LogP contribution < -0.4 is 0 Å². The van der Waals surface area contributed by atoms with Gasteiger partial charge in [0.2, 0.25) is 0 Å². The Morgan fingerprint density at radius 3 is 1.38 bits per heavy atom. The molecule has 1 aliphatic rings. The van der Waals surface area contributed by atoms with Gasteiger partial charge in [-0.3, -0.25) is 5.41 Å². The van der Waals surface area contributed by atoms with Crippen LogP contribution in [0.15, 0.2) is 0 Å². The molecular formula is C11H22N2. The summed E-state index contributed by atoms with van der Waals surface area (Å²) >= 11 is 0. The molecule has 0 atom stereocenters. The zero-order chi connectivity index (χ0) is 10.7. The summed E-state index contributed by atoms with van der Waals surface area (Å²) in [5.41, 5.74) is 0.264. The molecule has 0 saturated carbocycles. The molecule has 1 N–H and O–H groups in total. The van der Waals surface area contributed by atoms with Crippen molar-refractivity contribution in [1.82, 2.24) is 4.90 Å². The van der Waals surface area contributed by atoms with Gasteiger partial charge in [0.25, 0.3) is 0 Å². The second kappa shape index (κ2) is 2.28. The van der Waals surface area contributed by atoms with Crippen LogP contribution in [0.25, 0.3) is 0 Å². The Balaban J connectivity index is 2.86. The molecule has 0 unspecified atom stereocenters. The minimum atomic E-state index is -0.0367. The van der Waals surface area contributed by atoms with Crippen LogP contribution in [0.1, 0.15) is 48.5 Å². The smallest absolute Gasteiger partial charge is 0.102 e. The van der Waals surface area contributed by atoms with Crippen LogP contribution in [0.5, 0.6) is 0 Å². The van der Waals surface area contributed by atoms with E-state index in [2.05, 4.69) is 53.4 Å². The summed E-state index contributed by atoms with van der Waals surface area (Å²) < 4.78 is 0. The first-order valence-corrected chi connectivity index (χ1v) is 4.92. The Morgan fingerprint density at radius 1 is 1.00 bits per heavy atom. The molecule has 76 valence electrons. The molecular weight excluding hydrogens is 160 g/mol. The number of hydrogen-bond donors (Lipinski definition) is 1. The fraction of sp³-hybridized carbons (Fsp3) is 0.909. The van der Waals surface area contributed by atoms with Crippen molar-refractivity contribution in [3.8, 4) is 0 Å². The Morgan fingerprint density at radius 2 is 1.31 bits per heavy atom. The molecule has 1 saturated heterocycles. The third-order valence-corrected chi connectivity index (χ3v) is 3.50. The average molecular weight is 182 g/mol. The van der Waals surface area contributed by atoms with Gasteiger partial charge in [0.15, 0.2) is 0 Å². The maximum atomic E-state index is 8.09. The van der Waals surface area contributed by atoms with Crippen LogP contribution in [0.4, 0.5) is 0 Å². The number of amidine groups is 1. The number of rotatable bonds is 0. The molecule has 0 aliphatic carbocycles. The molecule has 0 aromatic carbocycles. The van der Waals surface area contributed by atoms with E-state index < -0.39 is 0 Å². The predicted octanol–water partition coefficient (Wildman–Crippen LogP) is 2.88. The van der Waals surface area contributed by atoms with Crippen molar-refractivity contribution < 1.29 is 0 Å². The molecule has 0 amide bonds. The van der Waals surface area contributed by atoms with Crippen LogP contribution in [0.2, 0.25) is 0 Å². The first kappa shape index (κ1) is 10.6. The van der Waals surface area contributed by atoms with Gasteiger partial charge < -0.3 is 4.90 Å². The van der Waals surface area contributed by atoms with Crippen molar-refractivity contribution in [3.05, 3.63) is 0 Å². The lowest BCUT2D eigenvalue weighted by Crippen LogP contribution is -2.31. The largest absolute Gasteiger partial charge is 0.345 e. The molecule has 1 heterocycles. The summed E-state index contributed by atoms with van der Waals surface area (Å²) in [5.74, 6) is 0.752. The molecule has 13 heavy (non-hydrogen) atoms. The van der Waals surface area contributed by atoms with Gasteiger partial charge in [0.05, 0.1) is 11.1 Å². The van der Waals surface area contributed by atoms with Crippen molar-refractivity contribution in [2.75, 3.05) is 0 Å². The third kappa shape index (κ3) is 1.27. The van der Waals surface area contributed by atoms with Crippen LogP contribution in [0.3, 0.4) is 0 Å². The highest BCUT2D eigenvalue weighted by molar-refractivity contribution is 5.88. The third-order valence-electron chi connectivity index (χ3n) is 3.50. The molecule has 1 fully saturated rings. The molecule has 0 radical (unpaired) electrons. The van der Waals surface area contributed by atoms with Gasteiger partial charge in [-0.05, 0) is 27.7 Å². The lowest BCUT2D eigenvalue weighted by Gasteiger charge is -2.24. The van der Waals surface area contributed by atoms with Gasteiger partial charge in [0.1, 0.15) is 5.84 Å². The van der Waals surface area contributed by atoms with Crippen LogP contribution in [-0.4, -0.2) is 21.8 Å². The van der Waals surface area contributed by atoms with E-state index in [9.17, 15) is 0 Å². The summed E-state index contributed by atoms with van der Waals surface area (Å²) in [5, 5.41) is 8.09. The fourth-order valence-corrected chi connectivity index (χ4v) is 1.81. The minimum Gasteiger partial charge on any atom is -0.345 e. The van der Waals surface area contributed by atoms with E-state index >= 15 is 0 Å². The lowest BCUT2D eigenvalue weighted by atomic mass is 9.95. The Bertz CT molecular complexity index is 229. The summed E-state index contributed by atoms with van der Waals surface area (Å²) in [7, 11) is 0. The van der Waals surface area contributed by atoms with Crippen molar-refractivity contribution in [3.63, 3.8) is 0 Å². The van der Waals surface area contributed by atoms with E-state index in [4.69, 9.17) is 5.41 Å². The van der Waals surface area contributed by atoms with E-state index in [0.717, 1.165) is 5.84 Å². The summed E-state index contributed by atoms with van der Waals surface area (Å²) in [6.45, 7) is 15.1. The Kier molecular flexibility index (Phi) is 1.85. The highest BCUT2D eigenvalue weighted by atomic mass is 15.5. The van der Waals surface area contributed by atoms with Crippen molar-refractivity contribution in [1.29, 1.82) is 5.41 Å². The van der Waals surface area contributed by atoms with E-state index in [1.54, 1.807) is 0 Å². The van der Waals surface area contributed by atoms with Gasteiger partial charge in [-0.2, -0.15) is 0 Å². The molecule has 1 aliphatic heterocycles. The molecule has 0 aromatic heterocycles. The van der Waals surface area contributed by atoms with E-state index in [0.29, 0.717) is 0 Å². The van der Waals surface area contributed by atoms with Gasteiger partial charge in [-0.25, -0.2) is 0 Å². The predicted molar refractivity (Wildman–Crippen MR) is 57.2 cm³/mol. The van der Waals surface area contributed by atoms with E-state index in [1.165, 1.54) is 0 Å². The SMILES string of the molecule is CC(C)(C)C(=N)N1C(C)(C)C1(C)C. The number of hydrogen-bond acceptors (Lipinski definition) is 1. The summed E-state index contributed by atoms with van der Waals surface area (Å²) in [6.07, 6.45) is 0. The average Bonchev–Trinajstić information content (AvgIpc) is 2.21. The topological polar surface area (TPSA) is 26.9 Å². The monoisotopic (exact) mass is 182 g/mol. The Labute approximate surface area is 81.8 Å². The molecule has 0 aromatic rings. The zero-order valence-electron chi connectivity index (χ0n) is 9.95. The maximum absolute atomic E-state index is 8.09.